The Morgan fingerprint density at radius 1 is 0.771 bits per heavy atom. The van der Waals surface area contributed by atoms with Crippen molar-refractivity contribution in [2.24, 2.45) is 0 Å². The van der Waals surface area contributed by atoms with Gasteiger partial charge < -0.3 is 27.5 Å². The van der Waals surface area contributed by atoms with Crippen molar-refractivity contribution in [2.45, 2.75) is 0 Å². The molecule has 0 fully saturated rings. The maximum Gasteiger partial charge on any atom is 0.208 e. The third-order valence-electron chi connectivity index (χ3n) is 5.94. The van der Waals surface area contributed by atoms with Gasteiger partial charge in [-0.25, -0.2) is 9.56 Å². The Hall–Kier alpha value is -3.61. The number of phenolic OH excluding ortho intramolecular Hbond substituents is 2. The zero-order valence-electron chi connectivity index (χ0n) is 20.0. The van der Waals surface area contributed by atoms with Gasteiger partial charge in [0.1, 0.15) is 25.6 Å². The molecule has 0 saturated heterocycles. The molecule has 0 bridgehead atoms. The molecule has 7 heteroatoms. The van der Waals surface area contributed by atoms with Crippen LogP contribution in [0.1, 0.15) is 0 Å². The van der Waals surface area contributed by atoms with Gasteiger partial charge in [-0.15, -0.1) is 11.3 Å². The van der Waals surface area contributed by atoms with E-state index in [4.69, 9.17) is 4.98 Å². The van der Waals surface area contributed by atoms with Gasteiger partial charge in [-0.3, -0.25) is 0 Å². The monoisotopic (exact) mass is 503 g/mol. The van der Waals surface area contributed by atoms with Crippen LogP contribution in [-0.4, -0.2) is 43.4 Å². The van der Waals surface area contributed by atoms with E-state index in [0.717, 1.165) is 54.1 Å². The van der Waals surface area contributed by atoms with Crippen molar-refractivity contribution in [1.82, 2.24) is 9.56 Å². The number of hydrogen-bond acceptors (Lipinski definition) is 5. The molecule has 178 valence electrons. The van der Waals surface area contributed by atoms with Crippen molar-refractivity contribution in [3.05, 3.63) is 78.2 Å². The van der Waals surface area contributed by atoms with Crippen LogP contribution in [0.4, 0.5) is 5.69 Å². The third-order valence-corrected chi connectivity index (χ3v) is 7.03. The van der Waals surface area contributed by atoms with Crippen molar-refractivity contribution in [2.75, 3.05) is 33.1 Å². The molecular formula is C28H26ClN3O2S. The summed E-state index contributed by atoms with van der Waals surface area (Å²) in [7, 11) is 8.16. The lowest BCUT2D eigenvalue weighted by molar-refractivity contribution is -0.00000882. The summed E-state index contributed by atoms with van der Waals surface area (Å²) in [5.41, 5.74) is 7.16. The van der Waals surface area contributed by atoms with Crippen LogP contribution in [0.3, 0.4) is 0 Å². The van der Waals surface area contributed by atoms with Crippen LogP contribution in [0.5, 0.6) is 11.5 Å². The van der Waals surface area contributed by atoms with Crippen LogP contribution in [0.25, 0.3) is 43.0 Å². The van der Waals surface area contributed by atoms with Crippen LogP contribution in [0.15, 0.2) is 72.8 Å². The Morgan fingerprint density at radius 3 is 1.89 bits per heavy atom. The Labute approximate surface area is 214 Å². The Balaban J connectivity index is 0.00000289. The summed E-state index contributed by atoms with van der Waals surface area (Å²) in [5.74, 6) is 0.501. The number of fused-ring (bicyclic) bond motifs is 2. The highest BCUT2D eigenvalue weighted by Gasteiger charge is 2.17. The van der Waals surface area contributed by atoms with Gasteiger partial charge in [-0.1, -0.05) is 24.3 Å². The van der Waals surface area contributed by atoms with Crippen molar-refractivity contribution in [1.29, 1.82) is 0 Å². The first-order valence-electron chi connectivity index (χ1n) is 11.0. The minimum absolute atomic E-state index is 0. The lowest BCUT2D eigenvalue weighted by Gasteiger charge is -2.19. The number of nitrogens with zero attached hydrogens (tertiary/aromatic N) is 3. The second-order valence-electron chi connectivity index (χ2n) is 8.77. The van der Waals surface area contributed by atoms with Gasteiger partial charge in [0.15, 0.2) is 0 Å². The van der Waals surface area contributed by atoms with E-state index in [9.17, 15) is 10.2 Å². The van der Waals surface area contributed by atoms with Crippen LogP contribution < -0.4 is 27.2 Å². The first kappa shape index (κ1) is 24.5. The standard InChI is InChI=1S/C28H25N3O2S.ClH/c1-30(2)25-15-27-23(13-21(25)17-5-9-19(32)10-6-17)29-24-14-22(18-7-11-20(33)12-8-18)26(31(3)4)16-28(24)34-27;/h5-16H,1-4H3,(H-,29,32,33);1H. The van der Waals surface area contributed by atoms with Gasteiger partial charge in [0, 0.05) is 31.4 Å². The van der Waals surface area contributed by atoms with Gasteiger partial charge in [0.25, 0.3) is 0 Å². The average Bonchev–Trinajstić information content (AvgIpc) is 2.82. The predicted octanol–water partition coefficient (Wildman–Crippen LogP) is 2.25. The Kier molecular flexibility index (Phi) is 6.70. The largest absolute Gasteiger partial charge is 1.00 e. The van der Waals surface area contributed by atoms with Gasteiger partial charge in [0.2, 0.25) is 5.36 Å². The summed E-state index contributed by atoms with van der Waals surface area (Å²) in [6.45, 7) is 0. The highest BCUT2D eigenvalue weighted by atomic mass is 35.5. The molecule has 2 aliphatic rings. The zero-order chi connectivity index (χ0) is 24.0. The third kappa shape index (κ3) is 4.67. The maximum absolute atomic E-state index is 9.73. The maximum atomic E-state index is 9.73. The van der Waals surface area contributed by atoms with E-state index in [1.165, 1.54) is 0 Å². The molecule has 1 aliphatic carbocycles. The number of anilines is 1. The Morgan fingerprint density at radius 2 is 1.34 bits per heavy atom. The lowest BCUT2D eigenvalue weighted by Crippen LogP contribution is -3.00. The summed E-state index contributed by atoms with van der Waals surface area (Å²) in [6, 6.07) is 23.2. The molecule has 3 aromatic rings. The minimum Gasteiger partial charge on any atom is -1.00 e. The SMILES string of the molecule is CN(C)c1cc2sc3cc(=[N+](C)C)c(-c4ccc(O)cc4)cc-3nc2cc1-c1ccc(O)cc1.[Cl-]. The molecule has 0 spiro atoms. The molecule has 1 heterocycles. The molecule has 0 radical (unpaired) electrons. The molecule has 0 saturated carbocycles. The van der Waals surface area contributed by atoms with Gasteiger partial charge in [-0.05, 0) is 53.6 Å². The van der Waals surface area contributed by atoms with E-state index in [1.54, 1.807) is 35.6 Å². The topological polar surface area (TPSA) is 59.6 Å². The summed E-state index contributed by atoms with van der Waals surface area (Å²) in [5, 5.41) is 20.6. The molecular weight excluding hydrogens is 478 g/mol. The molecule has 0 aromatic heterocycles. The van der Waals surface area contributed by atoms with Crippen molar-refractivity contribution in [3.8, 4) is 44.3 Å². The summed E-state index contributed by atoms with van der Waals surface area (Å²) < 4.78 is 3.22. The quantitative estimate of drug-likeness (QED) is 0.293. The van der Waals surface area contributed by atoms with Gasteiger partial charge in [-0.2, -0.15) is 0 Å². The van der Waals surface area contributed by atoms with Crippen LogP contribution in [0.2, 0.25) is 0 Å². The van der Waals surface area contributed by atoms with E-state index in [1.807, 2.05) is 52.5 Å². The number of rotatable bonds is 3. The predicted molar refractivity (Wildman–Crippen MR) is 142 cm³/mol. The molecule has 2 N–H and O–H groups in total. The van der Waals surface area contributed by atoms with E-state index < -0.39 is 0 Å². The second-order valence-corrected chi connectivity index (χ2v) is 9.85. The van der Waals surface area contributed by atoms with Crippen molar-refractivity contribution >= 4 is 27.2 Å². The smallest absolute Gasteiger partial charge is 0.208 e. The normalized spacial score (nSPS) is 10.9. The number of phenols is 2. The molecule has 3 aromatic carbocycles. The fourth-order valence-electron chi connectivity index (χ4n) is 4.19. The van der Waals surface area contributed by atoms with Gasteiger partial charge in [0.05, 0.1) is 26.4 Å². The van der Waals surface area contributed by atoms with Crippen LogP contribution in [-0.2, 0) is 0 Å². The van der Waals surface area contributed by atoms with Gasteiger partial charge >= 0.3 is 0 Å². The molecule has 0 atom stereocenters. The molecule has 0 amide bonds. The highest BCUT2D eigenvalue weighted by molar-refractivity contribution is 7.21. The van der Waals surface area contributed by atoms with Crippen LogP contribution >= 0.6 is 11.3 Å². The fraction of sp³-hybridized carbons (Fsp3) is 0.143. The van der Waals surface area contributed by atoms with Crippen molar-refractivity contribution in [3.63, 3.8) is 0 Å². The van der Waals surface area contributed by atoms with Crippen molar-refractivity contribution < 1.29 is 22.6 Å². The number of aromatic nitrogens is 1. The van der Waals surface area contributed by atoms with E-state index in [-0.39, 0.29) is 23.9 Å². The average molecular weight is 504 g/mol. The second kappa shape index (κ2) is 9.56. The van der Waals surface area contributed by atoms with E-state index in [2.05, 4.69) is 33.7 Å². The first-order chi connectivity index (χ1) is 16.3. The summed E-state index contributed by atoms with van der Waals surface area (Å²) in [4.78, 5) is 8.28. The van der Waals surface area contributed by atoms with E-state index >= 15 is 0 Å². The highest BCUT2D eigenvalue weighted by Crippen LogP contribution is 2.39. The minimum atomic E-state index is 0. The number of aromatic hydroxyl groups is 2. The van der Waals surface area contributed by atoms with E-state index in [0.29, 0.717) is 0 Å². The summed E-state index contributed by atoms with van der Waals surface area (Å²) >= 11 is 1.73. The number of benzene rings is 4. The molecule has 5 nitrogen and oxygen atoms in total. The molecule has 1 aliphatic heterocycles. The molecule has 0 unspecified atom stereocenters. The first-order valence-corrected chi connectivity index (χ1v) is 11.8. The Bertz CT molecular complexity index is 1560. The molecule has 5 rings (SSSR count). The zero-order valence-corrected chi connectivity index (χ0v) is 21.5. The van der Waals surface area contributed by atoms with Crippen LogP contribution in [0, 0.1) is 0 Å². The summed E-state index contributed by atoms with van der Waals surface area (Å²) in [6.07, 6.45) is 0. The lowest BCUT2D eigenvalue weighted by atomic mass is 10.0. The number of hydrogen-bond donors (Lipinski definition) is 2. The fourth-order valence-corrected chi connectivity index (χ4v) is 5.18. The molecule has 35 heavy (non-hydrogen) atoms. The number of halogens is 1.